The van der Waals surface area contributed by atoms with Gasteiger partial charge < -0.3 is 4.90 Å². The lowest BCUT2D eigenvalue weighted by molar-refractivity contribution is 0.411. The standard InChI is InChI=1S/C20H18ClNS/c21-16-8-9-19-18(14-16)17(10-13-22-11-4-5-12-22)20(23-19)15-6-2-1-3-7-15/h1-4,6-9,11,14H,5,10,12-13H2. The van der Waals surface area contributed by atoms with Gasteiger partial charge >= 0.3 is 0 Å². The number of nitrogens with zero attached hydrogens (tertiary/aromatic N) is 1. The van der Waals surface area contributed by atoms with Gasteiger partial charge in [-0.1, -0.05) is 48.0 Å². The van der Waals surface area contributed by atoms with Gasteiger partial charge in [0.25, 0.3) is 0 Å². The van der Waals surface area contributed by atoms with Crippen molar-refractivity contribution in [2.75, 3.05) is 13.1 Å². The van der Waals surface area contributed by atoms with Crippen LogP contribution in [0.5, 0.6) is 0 Å². The third-order valence-corrected chi connectivity index (χ3v) is 5.83. The normalized spacial score (nSPS) is 14.0. The molecule has 2 heterocycles. The number of rotatable bonds is 4. The van der Waals surface area contributed by atoms with E-state index in [1.54, 1.807) is 0 Å². The zero-order valence-corrected chi connectivity index (χ0v) is 14.4. The topological polar surface area (TPSA) is 3.24 Å². The molecule has 3 aromatic rings. The number of fused-ring (bicyclic) bond motifs is 1. The molecule has 23 heavy (non-hydrogen) atoms. The molecule has 0 bridgehead atoms. The van der Waals surface area contributed by atoms with Crippen molar-refractivity contribution < 1.29 is 0 Å². The van der Waals surface area contributed by atoms with Crippen LogP contribution in [0.3, 0.4) is 0 Å². The molecule has 1 aromatic heterocycles. The molecule has 0 radical (unpaired) electrons. The second kappa shape index (κ2) is 6.38. The van der Waals surface area contributed by atoms with Gasteiger partial charge in [-0.25, -0.2) is 0 Å². The lowest BCUT2D eigenvalue weighted by atomic mass is 10.0. The first-order chi connectivity index (χ1) is 11.3. The molecule has 116 valence electrons. The van der Waals surface area contributed by atoms with E-state index in [2.05, 4.69) is 59.6 Å². The molecule has 3 heteroatoms. The summed E-state index contributed by atoms with van der Waals surface area (Å²) in [6, 6.07) is 16.9. The average molecular weight is 340 g/mol. The smallest absolute Gasteiger partial charge is 0.0413 e. The minimum absolute atomic E-state index is 0.817. The maximum atomic E-state index is 6.26. The lowest BCUT2D eigenvalue weighted by Crippen LogP contribution is -2.17. The Bertz CT molecular complexity index is 851. The van der Waals surface area contributed by atoms with Crippen molar-refractivity contribution in [3.63, 3.8) is 0 Å². The van der Waals surface area contributed by atoms with Crippen LogP contribution in [-0.4, -0.2) is 18.0 Å². The molecular weight excluding hydrogens is 322 g/mol. The average Bonchev–Trinajstić information content (AvgIpc) is 3.21. The van der Waals surface area contributed by atoms with Crippen molar-refractivity contribution in [1.82, 2.24) is 4.90 Å². The van der Waals surface area contributed by atoms with Crippen LogP contribution in [0.1, 0.15) is 12.0 Å². The molecule has 0 atom stereocenters. The van der Waals surface area contributed by atoms with Crippen LogP contribution in [0.2, 0.25) is 5.02 Å². The predicted octanol–water partition coefficient (Wildman–Crippen LogP) is 5.98. The van der Waals surface area contributed by atoms with E-state index in [-0.39, 0.29) is 0 Å². The van der Waals surface area contributed by atoms with E-state index in [9.17, 15) is 0 Å². The van der Waals surface area contributed by atoms with Gasteiger partial charge in [-0.2, -0.15) is 0 Å². The van der Waals surface area contributed by atoms with Gasteiger partial charge in [0.15, 0.2) is 0 Å². The largest absolute Gasteiger partial charge is 0.377 e. The Balaban J connectivity index is 1.77. The summed E-state index contributed by atoms with van der Waals surface area (Å²) in [5.74, 6) is 0. The fraction of sp³-hybridized carbons (Fsp3) is 0.200. The quantitative estimate of drug-likeness (QED) is 0.564. The van der Waals surface area contributed by atoms with Crippen molar-refractivity contribution in [2.24, 2.45) is 0 Å². The third-order valence-electron chi connectivity index (χ3n) is 4.34. The highest BCUT2D eigenvalue weighted by Crippen LogP contribution is 2.40. The van der Waals surface area contributed by atoms with Gasteiger partial charge in [0.2, 0.25) is 0 Å². The first kappa shape index (κ1) is 14.8. The van der Waals surface area contributed by atoms with Crippen LogP contribution >= 0.6 is 22.9 Å². The molecule has 0 N–H and O–H groups in total. The van der Waals surface area contributed by atoms with Gasteiger partial charge in [0.1, 0.15) is 0 Å². The minimum atomic E-state index is 0.817. The number of hydrogen-bond donors (Lipinski definition) is 0. The van der Waals surface area contributed by atoms with Gasteiger partial charge in [-0.15, -0.1) is 11.3 Å². The monoisotopic (exact) mass is 339 g/mol. The molecule has 0 amide bonds. The van der Waals surface area contributed by atoms with Crippen molar-refractivity contribution in [1.29, 1.82) is 0 Å². The summed E-state index contributed by atoms with van der Waals surface area (Å²) in [5.41, 5.74) is 2.73. The van der Waals surface area contributed by atoms with E-state index < -0.39 is 0 Å². The molecule has 1 aliphatic heterocycles. The minimum Gasteiger partial charge on any atom is -0.377 e. The van der Waals surface area contributed by atoms with Crippen molar-refractivity contribution >= 4 is 33.0 Å². The highest BCUT2D eigenvalue weighted by atomic mass is 35.5. The predicted molar refractivity (Wildman–Crippen MR) is 101 cm³/mol. The molecule has 0 saturated carbocycles. The van der Waals surface area contributed by atoms with E-state index in [1.165, 1.54) is 32.5 Å². The zero-order valence-electron chi connectivity index (χ0n) is 12.8. The molecule has 1 aliphatic rings. The summed E-state index contributed by atoms with van der Waals surface area (Å²) in [6.07, 6.45) is 6.70. The van der Waals surface area contributed by atoms with Gasteiger partial charge in [0.05, 0.1) is 0 Å². The lowest BCUT2D eigenvalue weighted by Gasteiger charge is -2.15. The summed E-state index contributed by atoms with van der Waals surface area (Å²) < 4.78 is 1.32. The molecular formula is C20H18ClNS. The van der Waals surface area contributed by atoms with Gasteiger partial charge in [-0.3, -0.25) is 0 Å². The van der Waals surface area contributed by atoms with Crippen molar-refractivity contribution in [3.05, 3.63) is 71.4 Å². The molecule has 0 saturated heterocycles. The molecule has 2 aromatic carbocycles. The van der Waals surface area contributed by atoms with E-state index in [4.69, 9.17) is 11.6 Å². The Morgan fingerprint density at radius 3 is 2.74 bits per heavy atom. The van der Waals surface area contributed by atoms with Crippen LogP contribution in [0.25, 0.3) is 20.5 Å². The maximum Gasteiger partial charge on any atom is 0.0413 e. The Hall–Kier alpha value is -1.77. The first-order valence-corrected chi connectivity index (χ1v) is 9.18. The molecule has 0 unspecified atom stereocenters. The van der Waals surface area contributed by atoms with Crippen molar-refractivity contribution in [2.45, 2.75) is 12.8 Å². The second-order valence-electron chi connectivity index (χ2n) is 5.88. The fourth-order valence-corrected chi connectivity index (χ4v) is 4.58. The Labute approximate surface area is 145 Å². The summed E-state index contributed by atoms with van der Waals surface area (Å²) in [5, 5.41) is 2.13. The highest BCUT2D eigenvalue weighted by molar-refractivity contribution is 7.22. The Morgan fingerprint density at radius 2 is 1.96 bits per heavy atom. The summed E-state index contributed by atoms with van der Waals surface area (Å²) >= 11 is 8.13. The van der Waals surface area contributed by atoms with E-state index in [0.717, 1.165) is 24.5 Å². The summed E-state index contributed by atoms with van der Waals surface area (Å²) in [7, 11) is 0. The van der Waals surface area contributed by atoms with Crippen LogP contribution in [0.4, 0.5) is 0 Å². The van der Waals surface area contributed by atoms with Gasteiger partial charge in [0, 0.05) is 27.7 Å². The third kappa shape index (κ3) is 3.01. The SMILES string of the molecule is Clc1ccc2sc(-c3ccccc3)c(CCN3C=CCC3)c2c1. The first-order valence-electron chi connectivity index (χ1n) is 7.98. The van der Waals surface area contributed by atoms with Crippen LogP contribution < -0.4 is 0 Å². The Kier molecular flexibility index (Phi) is 4.11. The maximum absolute atomic E-state index is 6.26. The molecule has 1 nitrogen and oxygen atoms in total. The zero-order chi connectivity index (χ0) is 15.6. The molecule has 0 fully saturated rings. The summed E-state index contributed by atoms with van der Waals surface area (Å²) in [4.78, 5) is 3.79. The second-order valence-corrected chi connectivity index (χ2v) is 7.36. The number of hydrogen-bond acceptors (Lipinski definition) is 2. The summed E-state index contributed by atoms with van der Waals surface area (Å²) in [6.45, 7) is 2.21. The number of thiophene rings is 1. The fourth-order valence-electron chi connectivity index (χ4n) is 3.17. The number of benzene rings is 2. The van der Waals surface area contributed by atoms with Crippen LogP contribution in [-0.2, 0) is 6.42 Å². The molecule has 0 aliphatic carbocycles. The highest BCUT2D eigenvalue weighted by Gasteiger charge is 2.15. The van der Waals surface area contributed by atoms with E-state index in [1.807, 2.05) is 17.4 Å². The molecule has 0 spiro atoms. The van der Waals surface area contributed by atoms with Gasteiger partial charge in [-0.05, 0) is 53.8 Å². The van der Waals surface area contributed by atoms with E-state index in [0.29, 0.717) is 0 Å². The Morgan fingerprint density at radius 1 is 1.09 bits per heavy atom. The van der Waals surface area contributed by atoms with Crippen molar-refractivity contribution in [3.8, 4) is 10.4 Å². The van der Waals surface area contributed by atoms with E-state index >= 15 is 0 Å². The number of halogens is 1. The van der Waals surface area contributed by atoms with Crippen LogP contribution in [0.15, 0.2) is 60.8 Å². The van der Waals surface area contributed by atoms with Crippen LogP contribution in [0, 0.1) is 0 Å². The molecule has 4 rings (SSSR count).